The Balaban J connectivity index is 1.98. The highest BCUT2D eigenvalue weighted by Gasteiger charge is 2.18. The van der Waals surface area contributed by atoms with Crippen molar-refractivity contribution in [3.8, 4) is 5.88 Å². The van der Waals surface area contributed by atoms with Crippen LogP contribution in [0.4, 0.5) is 0 Å². The average Bonchev–Trinajstić information content (AvgIpc) is 2.48. The third kappa shape index (κ3) is 3.90. The molecule has 6 heteroatoms. The van der Waals surface area contributed by atoms with Crippen LogP contribution in [0.3, 0.4) is 0 Å². The van der Waals surface area contributed by atoms with Crippen LogP contribution in [0.15, 0.2) is 18.3 Å². The largest absolute Gasteiger partial charge is 0.475 e. The van der Waals surface area contributed by atoms with E-state index < -0.39 is 0 Å². The maximum absolute atomic E-state index is 12.2. The first-order valence-electron chi connectivity index (χ1n) is 6.26. The number of aromatic nitrogens is 1. The Morgan fingerprint density at radius 1 is 1.42 bits per heavy atom. The lowest BCUT2D eigenvalue weighted by Crippen LogP contribution is -2.40. The molecule has 0 aliphatic carbocycles. The van der Waals surface area contributed by atoms with Crippen molar-refractivity contribution in [3.63, 3.8) is 0 Å². The SMILES string of the molecule is COCCOc1cc(C(=O)N2CCOCC2)ccn1. The van der Waals surface area contributed by atoms with Gasteiger partial charge < -0.3 is 19.1 Å². The van der Waals surface area contributed by atoms with E-state index in [-0.39, 0.29) is 5.91 Å². The topological polar surface area (TPSA) is 60.9 Å². The number of ether oxygens (including phenoxy) is 3. The van der Waals surface area contributed by atoms with Gasteiger partial charge in [-0.05, 0) is 6.07 Å². The minimum Gasteiger partial charge on any atom is -0.475 e. The fourth-order valence-electron chi connectivity index (χ4n) is 1.80. The number of morpholine rings is 1. The van der Waals surface area contributed by atoms with Gasteiger partial charge in [0.15, 0.2) is 0 Å². The van der Waals surface area contributed by atoms with Gasteiger partial charge in [0, 0.05) is 38.0 Å². The van der Waals surface area contributed by atoms with Gasteiger partial charge >= 0.3 is 0 Å². The van der Waals surface area contributed by atoms with Crippen LogP contribution in [-0.4, -0.2) is 62.4 Å². The average molecular weight is 266 g/mol. The predicted molar refractivity (Wildman–Crippen MR) is 68.3 cm³/mol. The molecule has 0 radical (unpaired) electrons. The summed E-state index contributed by atoms with van der Waals surface area (Å²) < 4.78 is 15.5. The van der Waals surface area contributed by atoms with E-state index in [0.717, 1.165) is 0 Å². The monoisotopic (exact) mass is 266 g/mol. The van der Waals surface area contributed by atoms with E-state index in [2.05, 4.69) is 4.98 Å². The number of pyridine rings is 1. The van der Waals surface area contributed by atoms with E-state index in [4.69, 9.17) is 14.2 Å². The fraction of sp³-hybridized carbons (Fsp3) is 0.538. The minimum absolute atomic E-state index is 0.0118. The van der Waals surface area contributed by atoms with Crippen molar-refractivity contribution in [2.45, 2.75) is 0 Å². The Bertz CT molecular complexity index is 419. The van der Waals surface area contributed by atoms with Crippen molar-refractivity contribution >= 4 is 5.91 Å². The Labute approximate surface area is 112 Å². The van der Waals surface area contributed by atoms with Gasteiger partial charge in [0.2, 0.25) is 5.88 Å². The van der Waals surface area contributed by atoms with E-state index in [1.165, 1.54) is 0 Å². The van der Waals surface area contributed by atoms with E-state index in [1.807, 2.05) is 0 Å². The summed E-state index contributed by atoms with van der Waals surface area (Å²) in [7, 11) is 1.61. The van der Waals surface area contributed by atoms with E-state index >= 15 is 0 Å². The zero-order valence-electron chi connectivity index (χ0n) is 11.0. The number of methoxy groups -OCH3 is 1. The van der Waals surface area contributed by atoms with Crippen molar-refractivity contribution < 1.29 is 19.0 Å². The predicted octanol–water partition coefficient (Wildman–Crippen LogP) is 0.579. The van der Waals surface area contributed by atoms with Gasteiger partial charge in [-0.3, -0.25) is 4.79 Å². The van der Waals surface area contributed by atoms with Gasteiger partial charge in [0.1, 0.15) is 6.61 Å². The van der Waals surface area contributed by atoms with Crippen molar-refractivity contribution in [3.05, 3.63) is 23.9 Å². The summed E-state index contributed by atoms with van der Waals surface area (Å²) in [6, 6.07) is 3.36. The number of nitrogens with zero attached hydrogens (tertiary/aromatic N) is 2. The molecule has 0 saturated carbocycles. The maximum Gasteiger partial charge on any atom is 0.254 e. The molecule has 2 heterocycles. The molecule has 1 saturated heterocycles. The second-order valence-corrected chi connectivity index (χ2v) is 4.13. The second-order valence-electron chi connectivity index (χ2n) is 4.13. The molecule has 0 spiro atoms. The molecule has 1 aliphatic rings. The number of hydrogen-bond donors (Lipinski definition) is 0. The van der Waals surface area contributed by atoms with Crippen LogP contribution in [0.1, 0.15) is 10.4 Å². The molecule has 1 aromatic heterocycles. The summed E-state index contributed by atoms with van der Waals surface area (Å²) in [6.07, 6.45) is 1.58. The Morgan fingerprint density at radius 2 is 2.21 bits per heavy atom. The highest BCUT2D eigenvalue weighted by molar-refractivity contribution is 5.94. The zero-order valence-corrected chi connectivity index (χ0v) is 11.0. The quantitative estimate of drug-likeness (QED) is 0.730. The lowest BCUT2D eigenvalue weighted by atomic mass is 10.2. The molecule has 0 N–H and O–H groups in total. The molecule has 0 atom stereocenters. The fourth-order valence-corrected chi connectivity index (χ4v) is 1.80. The highest BCUT2D eigenvalue weighted by Crippen LogP contribution is 2.12. The van der Waals surface area contributed by atoms with Gasteiger partial charge in [0.05, 0.1) is 19.8 Å². The van der Waals surface area contributed by atoms with Gasteiger partial charge in [0.25, 0.3) is 5.91 Å². The molecule has 6 nitrogen and oxygen atoms in total. The standard InChI is InChI=1S/C13H18N2O4/c1-17-8-9-19-12-10-11(2-3-14-12)13(16)15-4-6-18-7-5-15/h2-3,10H,4-9H2,1H3. The summed E-state index contributed by atoms with van der Waals surface area (Å²) in [6.45, 7) is 3.34. The van der Waals surface area contributed by atoms with Gasteiger partial charge in [-0.25, -0.2) is 4.98 Å². The summed E-state index contributed by atoms with van der Waals surface area (Å²) in [5, 5.41) is 0. The van der Waals surface area contributed by atoms with Crippen molar-refractivity contribution in [2.24, 2.45) is 0 Å². The summed E-state index contributed by atoms with van der Waals surface area (Å²) in [5.74, 6) is 0.429. The van der Waals surface area contributed by atoms with Crippen LogP contribution in [0, 0.1) is 0 Å². The molecule has 104 valence electrons. The van der Waals surface area contributed by atoms with Crippen LogP contribution >= 0.6 is 0 Å². The van der Waals surface area contributed by atoms with E-state index in [9.17, 15) is 4.79 Å². The lowest BCUT2D eigenvalue weighted by molar-refractivity contribution is 0.0302. The van der Waals surface area contributed by atoms with E-state index in [0.29, 0.717) is 51.0 Å². The molecule has 2 rings (SSSR count). The van der Waals surface area contributed by atoms with Crippen molar-refractivity contribution in [1.82, 2.24) is 9.88 Å². The first-order valence-corrected chi connectivity index (χ1v) is 6.26. The Hall–Kier alpha value is -1.66. The van der Waals surface area contributed by atoms with Crippen LogP contribution < -0.4 is 4.74 Å². The first kappa shape index (κ1) is 13.8. The molecule has 1 aliphatic heterocycles. The molecular weight excluding hydrogens is 248 g/mol. The molecule has 0 aromatic carbocycles. The van der Waals surface area contributed by atoms with Crippen LogP contribution in [-0.2, 0) is 9.47 Å². The Morgan fingerprint density at radius 3 is 2.95 bits per heavy atom. The second kappa shape index (κ2) is 7.06. The van der Waals surface area contributed by atoms with Crippen LogP contribution in [0.25, 0.3) is 0 Å². The number of carbonyl (C=O) groups is 1. The van der Waals surface area contributed by atoms with Gasteiger partial charge in [-0.1, -0.05) is 0 Å². The molecule has 1 aromatic rings. The summed E-state index contributed by atoms with van der Waals surface area (Å²) in [5.41, 5.74) is 0.587. The third-order valence-electron chi connectivity index (χ3n) is 2.82. The minimum atomic E-state index is -0.0118. The number of rotatable bonds is 5. The smallest absolute Gasteiger partial charge is 0.254 e. The van der Waals surface area contributed by atoms with Gasteiger partial charge in [-0.2, -0.15) is 0 Å². The lowest BCUT2D eigenvalue weighted by Gasteiger charge is -2.26. The molecule has 1 fully saturated rings. The number of carbonyl (C=O) groups excluding carboxylic acids is 1. The molecule has 19 heavy (non-hydrogen) atoms. The Kier molecular flexibility index (Phi) is 5.11. The molecular formula is C13H18N2O4. The molecule has 1 amide bonds. The number of hydrogen-bond acceptors (Lipinski definition) is 5. The zero-order chi connectivity index (χ0) is 13.5. The molecule has 0 unspecified atom stereocenters. The third-order valence-corrected chi connectivity index (χ3v) is 2.82. The number of amides is 1. The molecule has 0 bridgehead atoms. The highest BCUT2D eigenvalue weighted by atomic mass is 16.5. The van der Waals surface area contributed by atoms with Crippen molar-refractivity contribution in [1.29, 1.82) is 0 Å². The van der Waals surface area contributed by atoms with E-state index in [1.54, 1.807) is 30.3 Å². The van der Waals surface area contributed by atoms with Crippen molar-refractivity contribution in [2.75, 3.05) is 46.6 Å². The summed E-state index contributed by atoms with van der Waals surface area (Å²) >= 11 is 0. The summed E-state index contributed by atoms with van der Waals surface area (Å²) in [4.78, 5) is 18.1. The van der Waals surface area contributed by atoms with Crippen LogP contribution in [0.2, 0.25) is 0 Å². The van der Waals surface area contributed by atoms with Gasteiger partial charge in [-0.15, -0.1) is 0 Å². The van der Waals surface area contributed by atoms with Crippen LogP contribution in [0.5, 0.6) is 5.88 Å². The first-order chi connectivity index (χ1) is 9.31. The maximum atomic E-state index is 12.2. The normalized spacial score (nSPS) is 15.3.